The average molecular weight is 272 g/mol. The zero-order chi connectivity index (χ0) is 12.9. The molecule has 3 nitrogen and oxygen atoms in total. The summed E-state index contributed by atoms with van der Waals surface area (Å²) in [5.41, 5.74) is 0. The molecule has 0 N–H and O–H groups in total. The predicted octanol–water partition coefficient (Wildman–Crippen LogP) is 2.55. The van der Waals surface area contributed by atoms with Crippen LogP contribution < -0.4 is 0 Å². The maximum absolute atomic E-state index is 11.2. The summed E-state index contributed by atoms with van der Waals surface area (Å²) in [6.45, 7) is 1.59. The van der Waals surface area contributed by atoms with Crippen LogP contribution in [0.5, 0.6) is 0 Å². The highest BCUT2D eigenvalue weighted by atomic mass is 32.2. The zero-order valence-electron chi connectivity index (χ0n) is 9.97. The van der Waals surface area contributed by atoms with Crippen LogP contribution in [0.15, 0.2) is 34.1 Å². The minimum Gasteiger partial charge on any atom is -0.300 e. The molecule has 0 spiro atoms. The van der Waals surface area contributed by atoms with Gasteiger partial charge in [0.05, 0.1) is 4.90 Å². The second kappa shape index (κ2) is 6.21. The molecule has 0 amide bonds. The molecule has 0 bridgehead atoms. The predicted molar refractivity (Wildman–Crippen MR) is 70.2 cm³/mol. The lowest BCUT2D eigenvalue weighted by Gasteiger charge is -2.02. The maximum Gasteiger partial charge on any atom is 0.175 e. The van der Waals surface area contributed by atoms with Gasteiger partial charge in [-0.25, -0.2) is 8.42 Å². The van der Waals surface area contributed by atoms with Crippen LogP contribution in [0, 0.1) is 0 Å². The maximum atomic E-state index is 11.2. The molecule has 0 atom stereocenters. The van der Waals surface area contributed by atoms with Crippen LogP contribution in [0.2, 0.25) is 0 Å². The fraction of sp³-hybridized carbons (Fsp3) is 0.417. The summed E-state index contributed by atoms with van der Waals surface area (Å²) in [6.07, 6.45) is 2.66. The molecule has 0 aliphatic heterocycles. The van der Waals surface area contributed by atoms with Gasteiger partial charge in [-0.05, 0) is 43.4 Å². The Balaban J connectivity index is 2.49. The van der Waals surface area contributed by atoms with Gasteiger partial charge in [-0.15, -0.1) is 11.8 Å². The van der Waals surface area contributed by atoms with E-state index in [1.165, 1.54) is 6.26 Å². The van der Waals surface area contributed by atoms with Crippen LogP contribution in [-0.4, -0.2) is 26.2 Å². The Kier molecular flexibility index (Phi) is 5.21. The highest BCUT2D eigenvalue weighted by Gasteiger charge is 2.06. The van der Waals surface area contributed by atoms with E-state index in [0.717, 1.165) is 17.1 Å². The van der Waals surface area contributed by atoms with Crippen molar-refractivity contribution in [3.63, 3.8) is 0 Å². The number of benzene rings is 1. The summed E-state index contributed by atoms with van der Waals surface area (Å²) >= 11 is 1.63. The summed E-state index contributed by atoms with van der Waals surface area (Å²) in [7, 11) is -3.11. The van der Waals surface area contributed by atoms with Crippen molar-refractivity contribution in [1.29, 1.82) is 0 Å². The average Bonchev–Trinajstić information content (AvgIpc) is 2.23. The van der Waals surface area contributed by atoms with Gasteiger partial charge in [0.2, 0.25) is 0 Å². The SMILES string of the molecule is CC(=O)CCCSc1ccc(S(C)(=O)=O)cc1. The second-order valence-corrected chi connectivity index (χ2v) is 7.08. The van der Waals surface area contributed by atoms with E-state index in [4.69, 9.17) is 0 Å². The molecule has 0 fully saturated rings. The van der Waals surface area contributed by atoms with E-state index in [0.29, 0.717) is 11.3 Å². The topological polar surface area (TPSA) is 51.2 Å². The van der Waals surface area contributed by atoms with Crippen LogP contribution in [0.4, 0.5) is 0 Å². The molecular formula is C12H16O3S2. The van der Waals surface area contributed by atoms with Crippen LogP contribution in [0.1, 0.15) is 19.8 Å². The normalized spacial score (nSPS) is 11.4. The molecule has 0 unspecified atom stereocenters. The van der Waals surface area contributed by atoms with Gasteiger partial charge in [-0.2, -0.15) is 0 Å². The molecule has 94 valence electrons. The Morgan fingerprint density at radius 2 is 1.82 bits per heavy atom. The van der Waals surface area contributed by atoms with E-state index in [1.807, 2.05) is 0 Å². The van der Waals surface area contributed by atoms with Gasteiger partial charge >= 0.3 is 0 Å². The summed E-state index contributed by atoms with van der Waals surface area (Å²) in [6, 6.07) is 6.83. The van der Waals surface area contributed by atoms with Crippen molar-refractivity contribution in [3.8, 4) is 0 Å². The van der Waals surface area contributed by atoms with Crippen molar-refractivity contribution in [2.45, 2.75) is 29.6 Å². The van der Waals surface area contributed by atoms with Crippen molar-refractivity contribution >= 4 is 27.4 Å². The molecule has 0 radical (unpaired) electrons. The third kappa shape index (κ3) is 5.37. The molecular weight excluding hydrogens is 256 g/mol. The quantitative estimate of drug-likeness (QED) is 0.590. The molecule has 17 heavy (non-hydrogen) atoms. The number of hydrogen-bond donors (Lipinski definition) is 0. The Bertz CT molecular complexity index is 475. The summed E-state index contributed by atoms with van der Waals surface area (Å²) in [5, 5.41) is 0. The lowest BCUT2D eigenvalue weighted by atomic mass is 10.3. The first kappa shape index (κ1) is 14.3. The third-order valence-electron chi connectivity index (χ3n) is 2.19. The zero-order valence-corrected chi connectivity index (χ0v) is 11.6. The van der Waals surface area contributed by atoms with Gasteiger partial charge in [0.1, 0.15) is 5.78 Å². The first-order valence-electron chi connectivity index (χ1n) is 5.32. The largest absolute Gasteiger partial charge is 0.300 e. The van der Waals surface area contributed by atoms with E-state index < -0.39 is 9.84 Å². The van der Waals surface area contributed by atoms with E-state index in [1.54, 1.807) is 43.0 Å². The third-order valence-corrected chi connectivity index (χ3v) is 4.42. The molecule has 0 aromatic heterocycles. The molecule has 1 aromatic carbocycles. The minimum atomic E-state index is -3.11. The van der Waals surface area contributed by atoms with Crippen LogP contribution in [0.25, 0.3) is 0 Å². The van der Waals surface area contributed by atoms with Gasteiger partial charge in [-0.3, -0.25) is 0 Å². The first-order valence-corrected chi connectivity index (χ1v) is 8.19. The molecule has 0 saturated heterocycles. The van der Waals surface area contributed by atoms with Crippen LogP contribution >= 0.6 is 11.8 Å². The van der Waals surface area contributed by atoms with Crippen molar-refractivity contribution in [2.24, 2.45) is 0 Å². The van der Waals surface area contributed by atoms with Crippen molar-refractivity contribution in [3.05, 3.63) is 24.3 Å². The number of carbonyl (C=O) groups excluding carboxylic acids is 1. The molecule has 0 aliphatic carbocycles. The standard InChI is InChI=1S/C12H16O3S2/c1-10(13)4-3-9-16-11-5-7-12(8-6-11)17(2,14)15/h5-8H,3-4,9H2,1-2H3. The molecule has 0 aliphatic rings. The molecule has 0 heterocycles. The first-order chi connectivity index (χ1) is 7.89. The number of sulfone groups is 1. The number of thioether (sulfide) groups is 1. The number of ketones is 1. The van der Waals surface area contributed by atoms with Gasteiger partial charge in [0.25, 0.3) is 0 Å². The Morgan fingerprint density at radius 1 is 1.24 bits per heavy atom. The fourth-order valence-electron chi connectivity index (χ4n) is 1.29. The van der Waals surface area contributed by atoms with E-state index in [9.17, 15) is 13.2 Å². The van der Waals surface area contributed by atoms with Crippen molar-refractivity contribution < 1.29 is 13.2 Å². The lowest BCUT2D eigenvalue weighted by Crippen LogP contribution is -1.96. The van der Waals surface area contributed by atoms with Crippen LogP contribution in [-0.2, 0) is 14.6 Å². The number of rotatable bonds is 6. The smallest absolute Gasteiger partial charge is 0.175 e. The molecule has 1 aromatic rings. The van der Waals surface area contributed by atoms with Crippen molar-refractivity contribution in [2.75, 3.05) is 12.0 Å². The Hall–Kier alpha value is -0.810. The van der Waals surface area contributed by atoms with Crippen LogP contribution in [0.3, 0.4) is 0 Å². The Morgan fingerprint density at radius 3 is 2.29 bits per heavy atom. The van der Waals surface area contributed by atoms with E-state index in [2.05, 4.69) is 0 Å². The number of hydrogen-bond acceptors (Lipinski definition) is 4. The Labute approximate surface area is 107 Å². The summed E-state index contributed by atoms with van der Waals surface area (Å²) in [4.78, 5) is 12.1. The van der Waals surface area contributed by atoms with Gasteiger partial charge < -0.3 is 4.79 Å². The highest BCUT2D eigenvalue weighted by molar-refractivity contribution is 7.99. The number of Topliss-reactive ketones (excluding diaryl/α,β-unsaturated/α-hetero) is 1. The van der Waals surface area contributed by atoms with Gasteiger partial charge in [0.15, 0.2) is 9.84 Å². The second-order valence-electron chi connectivity index (χ2n) is 3.90. The number of carbonyl (C=O) groups is 1. The summed E-state index contributed by atoms with van der Waals surface area (Å²) in [5.74, 6) is 1.08. The molecule has 5 heteroatoms. The minimum absolute atomic E-state index is 0.207. The fourth-order valence-corrected chi connectivity index (χ4v) is 2.78. The molecule has 1 rings (SSSR count). The molecule has 0 saturated carbocycles. The lowest BCUT2D eigenvalue weighted by molar-refractivity contribution is -0.117. The summed E-state index contributed by atoms with van der Waals surface area (Å²) < 4.78 is 22.5. The van der Waals surface area contributed by atoms with Gasteiger partial charge in [0, 0.05) is 17.6 Å². The van der Waals surface area contributed by atoms with E-state index >= 15 is 0 Å². The monoisotopic (exact) mass is 272 g/mol. The van der Waals surface area contributed by atoms with Crippen molar-refractivity contribution in [1.82, 2.24) is 0 Å². The van der Waals surface area contributed by atoms with Gasteiger partial charge in [-0.1, -0.05) is 0 Å². The van der Waals surface area contributed by atoms with E-state index in [-0.39, 0.29) is 5.78 Å². The highest BCUT2D eigenvalue weighted by Crippen LogP contribution is 2.21.